The number of carbonyl (C=O) groups excluding carboxylic acids is 1. The molecule has 2 N–H and O–H groups in total. The highest BCUT2D eigenvalue weighted by atomic mass is 79.9. The van der Waals surface area contributed by atoms with Gasteiger partial charge in [0.25, 0.3) is 0 Å². The molecule has 0 bridgehead atoms. The van der Waals surface area contributed by atoms with Crippen LogP contribution in [0.3, 0.4) is 0 Å². The third-order valence-corrected chi connectivity index (χ3v) is 8.37. The van der Waals surface area contributed by atoms with Crippen LogP contribution in [0.2, 0.25) is 0 Å². The number of esters is 1. The van der Waals surface area contributed by atoms with Crippen molar-refractivity contribution in [3.63, 3.8) is 0 Å². The van der Waals surface area contributed by atoms with E-state index in [2.05, 4.69) is 28.9 Å². The van der Waals surface area contributed by atoms with Crippen LogP contribution >= 0.6 is 15.9 Å². The van der Waals surface area contributed by atoms with E-state index in [1.54, 1.807) is 0 Å². The Bertz CT molecular complexity index is 644. The van der Waals surface area contributed by atoms with Crippen LogP contribution in [-0.2, 0) is 9.53 Å². The summed E-state index contributed by atoms with van der Waals surface area (Å²) >= 11 is 3.76. The topological polar surface area (TPSA) is 66.8 Å². The highest BCUT2D eigenvalue weighted by molar-refractivity contribution is 9.09. The molecule has 4 aliphatic carbocycles. The van der Waals surface area contributed by atoms with E-state index >= 15 is 0 Å². The van der Waals surface area contributed by atoms with Crippen molar-refractivity contribution in [2.24, 2.45) is 29.1 Å². The molecule has 0 aromatic heterocycles. The zero-order chi connectivity index (χ0) is 18.6. The Balaban J connectivity index is 1.63. The van der Waals surface area contributed by atoms with Gasteiger partial charge in [0.05, 0.1) is 17.0 Å². The molecule has 0 radical (unpaired) electrons. The molecular weight excluding hydrogens is 396 g/mol. The van der Waals surface area contributed by atoms with E-state index in [0.717, 1.165) is 19.3 Å². The van der Waals surface area contributed by atoms with E-state index in [1.165, 1.54) is 5.57 Å². The minimum Gasteiger partial charge on any atom is -0.461 e. The first-order chi connectivity index (χ1) is 12.3. The fourth-order valence-electron chi connectivity index (χ4n) is 6.21. The third-order valence-electron chi connectivity index (χ3n) is 7.47. The van der Waals surface area contributed by atoms with E-state index in [1.807, 2.05) is 19.1 Å². The fraction of sp³-hybridized carbons (Fsp3) is 0.762. The van der Waals surface area contributed by atoms with Gasteiger partial charge in [0.1, 0.15) is 6.10 Å². The molecule has 0 amide bonds. The van der Waals surface area contributed by atoms with Crippen LogP contribution in [-0.4, -0.2) is 39.3 Å². The van der Waals surface area contributed by atoms with Gasteiger partial charge in [0.15, 0.2) is 0 Å². The lowest BCUT2D eigenvalue weighted by molar-refractivity contribution is -0.152. The Kier molecular flexibility index (Phi) is 4.85. The number of allylic oxidation sites excluding steroid dienone is 1. The molecule has 0 heterocycles. The number of hydrogen-bond acceptors (Lipinski definition) is 4. The minimum absolute atomic E-state index is 0.0753. The molecule has 0 aromatic carbocycles. The van der Waals surface area contributed by atoms with Gasteiger partial charge in [-0.3, -0.25) is 4.79 Å². The van der Waals surface area contributed by atoms with Gasteiger partial charge < -0.3 is 14.9 Å². The maximum atomic E-state index is 11.9. The summed E-state index contributed by atoms with van der Waals surface area (Å²) in [5, 5.41) is 21.0. The average molecular weight is 425 g/mol. The number of rotatable bonds is 2. The van der Waals surface area contributed by atoms with Gasteiger partial charge in [0, 0.05) is 17.8 Å². The number of carbonyl (C=O) groups is 1. The summed E-state index contributed by atoms with van der Waals surface area (Å²) in [6.07, 6.45) is 9.12. The van der Waals surface area contributed by atoms with Crippen molar-refractivity contribution < 1.29 is 19.7 Å². The van der Waals surface area contributed by atoms with Gasteiger partial charge in [-0.15, -0.1) is 0 Å². The summed E-state index contributed by atoms with van der Waals surface area (Å²) in [5.41, 5.74) is 1.11. The fourth-order valence-corrected chi connectivity index (χ4v) is 7.14. The van der Waals surface area contributed by atoms with Crippen molar-refractivity contribution in [3.8, 4) is 0 Å². The minimum atomic E-state index is -0.477. The Morgan fingerprint density at radius 2 is 2.12 bits per heavy atom. The van der Waals surface area contributed by atoms with E-state index in [4.69, 9.17) is 4.74 Å². The largest absolute Gasteiger partial charge is 0.461 e. The van der Waals surface area contributed by atoms with E-state index in [0.29, 0.717) is 30.6 Å². The molecule has 2 saturated carbocycles. The predicted molar refractivity (Wildman–Crippen MR) is 103 cm³/mol. The first-order valence-corrected chi connectivity index (χ1v) is 10.9. The molecule has 9 atom stereocenters. The van der Waals surface area contributed by atoms with Crippen molar-refractivity contribution in [2.75, 3.05) is 0 Å². The smallest absolute Gasteiger partial charge is 0.305 e. The highest BCUT2D eigenvalue weighted by Crippen LogP contribution is 2.60. The molecule has 0 aliphatic heterocycles. The number of alkyl halides is 1. The number of hydrogen-bond donors (Lipinski definition) is 2. The van der Waals surface area contributed by atoms with Crippen LogP contribution in [0.25, 0.3) is 0 Å². The summed E-state index contributed by atoms with van der Waals surface area (Å²) < 4.78 is 5.77. The lowest BCUT2D eigenvalue weighted by Gasteiger charge is -2.54. The summed E-state index contributed by atoms with van der Waals surface area (Å²) in [5.74, 6) is 1.11. The molecule has 2 fully saturated rings. The lowest BCUT2D eigenvalue weighted by Crippen LogP contribution is -2.51. The zero-order valence-electron chi connectivity index (χ0n) is 15.5. The summed E-state index contributed by atoms with van der Waals surface area (Å²) in [6, 6.07) is 0. The second-order valence-corrected chi connectivity index (χ2v) is 9.92. The van der Waals surface area contributed by atoms with E-state index in [9.17, 15) is 15.0 Å². The number of fused-ring (bicyclic) bond motifs is 5. The molecule has 0 spiro atoms. The average Bonchev–Trinajstić information content (AvgIpc) is 2.92. The first kappa shape index (κ1) is 18.7. The molecule has 4 aliphatic rings. The molecule has 0 saturated heterocycles. The quantitative estimate of drug-likeness (QED) is 0.405. The number of halogens is 1. The Morgan fingerprint density at radius 3 is 2.85 bits per heavy atom. The zero-order valence-corrected chi connectivity index (χ0v) is 17.1. The molecule has 0 aromatic rings. The number of aliphatic hydroxyl groups is 2. The van der Waals surface area contributed by atoms with Crippen LogP contribution in [0.1, 0.15) is 46.0 Å². The normalized spacial score (nSPS) is 49.7. The third kappa shape index (κ3) is 2.82. The molecule has 4 rings (SSSR count). The van der Waals surface area contributed by atoms with Gasteiger partial charge >= 0.3 is 5.97 Å². The Morgan fingerprint density at radius 1 is 1.35 bits per heavy atom. The molecule has 5 heteroatoms. The molecule has 4 nitrogen and oxygen atoms in total. The molecule has 4 unspecified atom stereocenters. The molecular formula is C21H29BrO4. The van der Waals surface area contributed by atoms with Gasteiger partial charge in [0.2, 0.25) is 0 Å². The second kappa shape index (κ2) is 6.75. The summed E-state index contributed by atoms with van der Waals surface area (Å²) in [4.78, 5) is 12.0. The van der Waals surface area contributed by atoms with Gasteiger partial charge in [-0.25, -0.2) is 0 Å². The van der Waals surface area contributed by atoms with Gasteiger partial charge in [-0.2, -0.15) is 0 Å². The van der Waals surface area contributed by atoms with Crippen LogP contribution < -0.4 is 0 Å². The van der Waals surface area contributed by atoms with Gasteiger partial charge in [-0.05, 0) is 43.4 Å². The van der Waals surface area contributed by atoms with Crippen LogP contribution in [0.4, 0.5) is 0 Å². The first-order valence-electron chi connectivity index (χ1n) is 9.95. The molecule has 26 heavy (non-hydrogen) atoms. The second-order valence-electron chi connectivity index (χ2n) is 8.74. The van der Waals surface area contributed by atoms with E-state index < -0.39 is 12.2 Å². The summed E-state index contributed by atoms with van der Waals surface area (Å²) in [7, 11) is 0. The van der Waals surface area contributed by atoms with Crippen molar-refractivity contribution in [2.45, 2.75) is 69.1 Å². The highest BCUT2D eigenvalue weighted by Gasteiger charge is 2.58. The van der Waals surface area contributed by atoms with Crippen LogP contribution in [0.5, 0.6) is 0 Å². The maximum Gasteiger partial charge on any atom is 0.305 e. The lowest BCUT2D eigenvalue weighted by atomic mass is 9.51. The molecule has 144 valence electrons. The number of aliphatic hydroxyl groups excluding tert-OH is 2. The Hall–Kier alpha value is -0.650. The number of ether oxygens (including phenoxy) is 1. The maximum absolute atomic E-state index is 11.9. The van der Waals surface area contributed by atoms with Gasteiger partial charge in [-0.1, -0.05) is 53.6 Å². The van der Waals surface area contributed by atoms with Crippen molar-refractivity contribution >= 4 is 21.9 Å². The van der Waals surface area contributed by atoms with Crippen LogP contribution in [0.15, 0.2) is 23.8 Å². The SMILES string of the molecule is CCC(=O)O[C@H]1[C@H](Br)CC2C3C(O)C=C4C[C@@H](O)C=C[C@]4(C)C3CC[C@@H]21. The summed E-state index contributed by atoms with van der Waals surface area (Å²) in [6.45, 7) is 4.09. The van der Waals surface area contributed by atoms with Crippen molar-refractivity contribution in [3.05, 3.63) is 23.8 Å². The van der Waals surface area contributed by atoms with Crippen LogP contribution in [0, 0.1) is 29.1 Å². The van der Waals surface area contributed by atoms with E-state index in [-0.39, 0.29) is 28.2 Å². The van der Waals surface area contributed by atoms with Crippen molar-refractivity contribution in [1.29, 1.82) is 0 Å². The predicted octanol–water partition coefficient (Wildman–Crippen LogP) is 3.36. The Labute approximate surface area is 163 Å². The monoisotopic (exact) mass is 424 g/mol. The van der Waals surface area contributed by atoms with Crippen molar-refractivity contribution in [1.82, 2.24) is 0 Å². The standard InChI is InChI=1S/C21H29BrO4/c1-3-18(25)26-20-13-4-5-15-19(14(13)10-16(20)22)17(24)9-11-8-12(23)6-7-21(11,15)2/h6-7,9,12-17,19-20,23-24H,3-5,8,10H2,1-2H3/t12-,13-,14?,15?,16+,17?,19?,20+,21-/m0/s1.